The van der Waals surface area contributed by atoms with E-state index >= 15 is 0 Å². The van der Waals surface area contributed by atoms with E-state index in [2.05, 4.69) is 53.5 Å². The Kier molecular flexibility index (Phi) is 3.93. The number of nitrogens with one attached hydrogen (secondary N) is 1. The summed E-state index contributed by atoms with van der Waals surface area (Å²) in [4.78, 5) is 17.6. The molecule has 6 nitrogen and oxygen atoms in total. The molecule has 0 fully saturated rings. The molecule has 2 aliphatic rings. The first kappa shape index (κ1) is 17.0. The van der Waals surface area contributed by atoms with E-state index in [0.717, 1.165) is 29.0 Å². The van der Waals surface area contributed by atoms with Gasteiger partial charge in [-0.25, -0.2) is 4.68 Å². The third-order valence-corrected chi connectivity index (χ3v) is 5.73. The second kappa shape index (κ2) is 6.48. The molecule has 0 bridgehead atoms. The van der Waals surface area contributed by atoms with Crippen LogP contribution in [-0.4, -0.2) is 20.5 Å². The van der Waals surface area contributed by atoms with Gasteiger partial charge in [-0.15, -0.1) is 0 Å². The number of anilines is 1. The Morgan fingerprint density at radius 1 is 1.18 bits per heavy atom. The topological polar surface area (TPSA) is 73.0 Å². The van der Waals surface area contributed by atoms with Gasteiger partial charge >= 0.3 is 0 Å². The van der Waals surface area contributed by atoms with Gasteiger partial charge in [0.15, 0.2) is 5.78 Å². The first-order chi connectivity index (χ1) is 13.6. The van der Waals surface area contributed by atoms with Gasteiger partial charge in [0.2, 0.25) is 5.95 Å². The van der Waals surface area contributed by atoms with Gasteiger partial charge in [0.05, 0.1) is 6.26 Å². The number of nitrogens with zero attached hydrogens (tertiary/aromatic N) is 3. The zero-order valence-corrected chi connectivity index (χ0v) is 15.9. The van der Waals surface area contributed by atoms with E-state index in [-0.39, 0.29) is 17.7 Å². The van der Waals surface area contributed by atoms with Crippen LogP contribution >= 0.6 is 0 Å². The standard InChI is InChI=1S/C22H22N4O2/c1-13(2)14-5-7-15(8-6-14)21-20-17(25-22-23-12-24-26(21)22)10-16(11-18(20)27)19-4-3-9-28-19/h3-9,12-13,16,21H,10-11H2,1-2H3,(H,23,24,25)/t16-,21+/m0/s1. The number of hydrogen-bond acceptors (Lipinski definition) is 5. The van der Waals surface area contributed by atoms with Gasteiger partial charge in [-0.3, -0.25) is 4.79 Å². The molecule has 1 aliphatic heterocycles. The summed E-state index contributed by atoms with van der Waals surface area (Å²) in [6.45, 7) is 4.35. The molecule has 3 heterocycles. The van der Waals surface area contributed by atoms with Crippen LogP contribution in [0.3, 0.4) is 0 Å². The van der Waals surface area contributed by atoms with Crippen LogP contribution in [0.1, 0.15) is 61.5 Å². The fourth-order valence-electron chi connectivity index (χ4n) is 4.25. The van der Waals surface area contributed by atoms with Crippen molar-refractivity contribution in [1.29, 1.82) is 0 Å². The van der Waals surface area contributed by atoms with Crippen LogP contribution in [0.4, 0.5) is 5.95 Å². The summed E-state index contributed by atoms with van der Waals surface area (Å²) in [5.41, 5.74) is 4.04. The third kappa shape index (κ3) is 2.68. The van der Waals surface area contributed by atoms with Crippen LogP contribution in [0.2, 0.25) is 0 Å². The summed E-state index contributed by atoms with van der Waals surface area (Å²) >= 11 is 0. The fraction of sp³-hybridized carbons (Fsp3) is 0.318. The molecule has 0 unspecified atom stereocenters. The highest BCUT2D eigenvalue weighted by Gasteiger charge is 2.39. The maximum atomic E-state index is 13.2. The molecule has 1 aromatic carbocycles. The van der Waals surface area contributed by atoms with Crippen molar-refractivity contribution >= 4 is 11.7 Å². The van der Waals surface area contributed by atoms with Crippen molar-refractivity contribution in [3.63, 3.8) is 0 Å². The number of carbonyl (C=O) groups is 1. The minimum atomic E-state index is -0.250. The van der Waals surface area contributed by atoms with Crippen LogP contribution in [0, 0.1) is 0 Å². The Morgan fingerprint density at radius 3 is 2.71 bits per heavy atom. The number of furan rings is 1. The van der Waals surface area contributed by atoms with Crippen LogP contribution in [0.5, 0.6) is 0 Å². The summed E-state index contributed by atoms with van der Waals surface area (Å²) < 4.78 is 7.38. The van der Waals surface area contributed by atoms with Crippen molar-refractivity contribution in [3.8, 4) is 0 Å². The van der Waals surface area contributed by atoms with Crippen molar-refractivity contribution in [2.75, 3.05) is 5.32 Å². The zero-order chi connectivity index (χ0) is 19.3. The van der Waals surface area contributed by atoms with E-state index in [4.69, 9.17) is 4.42 Å². The lowest BCUT2D eigenvalue weighted by Crippen LogP contribution is -2.33. The summed E-state index contributed by atoms with van der Waals surface area (Å²) in [7, 11) is 0. The van der Waals surface area contributed by atoms with Crippen LogP contribution in [-0.2, 0) is 4.79 Å². The monoisotopic (exact) mass is 374 g/mol. The summed E-state index contributed by atoms with van der Waals surface area (Å²) in [5.74, 6) is 2.17. The molecule has 1 aliphatic carbocycles. The van der Waals surface area contributed by atoms with E-state index in [0.29, 0.717) is 18.3 Å². The average Bonchev–Trinajstić information content (AvgIpc) is 3.38. The number of allylic oxidation sites excluding steroid dienone is 2. The SMILES string of the molecule is CC(C)c1ccc([C@@H]2C3=C(C[C@H](c4ccco4)CC3=O)Nc3ncnn32)cc1. The molecule has 142 valence electrons. The molecule has 2 atom stereocenters. The van der Waals surface area contributed by atoms with Crippen molar-refractivity contribution in [2.24, 2.45) is 0 Å². The molecular weight excluding hydrogens is 352 g/mol. The molecule has 0 saturated carbocycles. The van der Waals surface area contributed by atoms with Crippen molar-refractivity contribution in [2.45, 2.75) is 44.6 Å². The van der Waals surface area contributed by atoms with Gasteiger partial charge in [-0.2, -0.15) is 10.1 Å². The van der Waals surface area contributed by atoms with Gasteiger partial charge in [0.1, 0.15) is 18.1 Å². The first-order valence-electron chi connectivity index (χ1n) is 9.68. The van der Waals surface area contributed by atoms with Crippen molar-refractivity contribution in [1.82, 2.24) is 14.8 Å². The number of Topliss-reactive ketones (excluding diaryl/α,β-unsaturated/α-hetero) is 1. The number of benzene rings is 1. The molecule has 1 N–H and O–H groups in total. The molecule has 3 aromatic rings. The molecule has 6 heteroatoms. The predicted molar refractivity (Wildman–Crippen MR) is 105 cm³/mol. The van der Waals surface area contributed by atoms with E-state index in [1.165, 1.54) is 11.9 Å². The van der Waals surface area contributed by atoms with E-state index < -0.39 is 0 Å². The Morgan fingerprint density at radius 2 is 2.00 bits per heavy atom. The van der Waals surface area contributed by atoms with Gasteiger partial charge < -0.3 is 9.73 Å². The quantitative estimate of drug-likeness (QED) is 0.735. The predicted octanol–water partition coefficient (Wildman–Crippen LogP) is 4.41. The van der Waals surface area contributed by atoms with Crippen LogP contribution < -0.4 is 5.32 Å². The lowest BCUT2D eigenvalue weighted by molar-refractivity contribution is -0.117. The summed E-state index contributed by atoms with van der Waals surface area (Å²) in [6, 6.07) is 12.0. The molecule has 0 amide bonds. The maximum absolute atomic E-state index is 13.2. The molecule has 0 saturated heterocycles. The van der Waals surface area contributed by atoms with Crippen LogP contribution in [0.15, 0.2) is 64.7 Å². The smallest absolute Gasteiger partial charge is 0.226 e. The van der Waals surface area contributed by atoms with Gasteiger partial charge in [0, 0.05) is 23.6 Å². The Bertz CT molecular complexity index is 1040. The number of rotatable bonds is 3. The third-order valence-electron chi connectivity index (χ3n) is 5.73. The molecule has 28 heavy (non-hydrogen) atoms. The molecule has 2 aromatic heterocycles. The average molecular weight is 374 g/mol. The first-order valence-corrected chi connectivity index (χ1v) is 9.68. The number of hydrogen-bond donors (Lipinski definition) is 1. The number of carbonyl (C=O) groups excluding carboxylic acids is 1. The Hall–Kier alpha value is -3.15. The fourth-order valence-corrected chi connectivity index (χ4v) is 4.25. The lowest BCUT2D eigenvalue weighted by Gasteiger charge is -2.34. The highest BCUT2D eigenvalue weighted by molar-refractivity contribution is 6.00. The Labute approximate surface area is 163 Å². The zero-order valence-electron chi connectivity index (χ0n) is 15.9. The van der Waals surface area contributed by atoms with E-state index in [1.807, 2.05) is 16.8 Å². The van der Waals surface area contributed by atoms with Gasteiger partial charge in [-0.05, 0) is 35.6 Å². The van der Waals surface area contributed by atoms with Crippen LogP contribution in [0.25, 0.3) is 0 Å². The molecule has 5 rings (SSSR count). The number of fused-ring (bicyclic) bond motifs is 1. The second-order valence-electron chi connectivity index (χ2n) is 7.81. The number of aromatic nitrogens is 3. The highest BCUT2D eigenvalue weighted by Crippen LogP contribution is 2.43. The van der Waals surface area contributed by atoms with E-state index in [9.17, 15) is 4.79 Å². The highest BCUT2D eigenvalue weighted by atomic mass is 16.3. The molecule has 0 spiro atoms. The maximum Gasteiger partial charge on any atom is 0.226 e. The lowest BCUT2D eigenvalue weighted by atomic mass is 9.79. The second-order valence-corrected chi connectivity index (χ2v) is 7.81. The number of ketones is 1. The summed E-state index contributed by atoms with van der Waals surface area (Å²) in [6.07, 6.45) is 4.36. The van der Waals surface area contributed by atoms with Crippen molar-refractivity contribution in [3.05, 3.63) is 77.1 Å². The minimum absolute atomic E-state index is 0.0483. The largest absolute Gasteiger partial charge is 0.469 e. The van der Waals surface area contributed by atoms with Gasteiger partial charge in [-0.1, -0.05) is 38.1 Å². The summed E-state index contributed by atoms with van der Waals surface area (Å²) in [5, 5.41) is 7.74. The van der Waals surface area contributed by atoms with Crippen molar-refractivity contribution < 1.29 is 9.21 Å². The van der Waals surface area contributed by atoms with E-state index in [1.54, 1.807) is 6.26 Å². The van der Waals surface area contributed by atoms with Gasteiger partial charge in [0.25, 0.3) is 0 Å². The minimum Gasteiger partial charge on any atom is -0.469 e. The molecular formula is C22H22N4O2. The molecule has 0 radical (unpaired) electrons. The normalized spacial score (nSPS) is 21.5. The Balaban J connectivity index is 1.58.